The van der Waals surface area contributed by atoms with Crippen LogP contribution in [0.5, 0.6) is 0 Å². The summed E-state index contributed by atoms with van der Waals surface area (Å²) in [6.07, 6.45) is 0.519. The van der Waals surface area contributed by atoms with E-state index in [4.69, 9.17) is 4.74 Å². The van der Waals surface area contributed by atoms with Crippen LogP contribution in [-0.2, 0) is 20.9 Å². The number of likely N-dealkylation sites (tertiary alicyclic amines) is 1. The maximum Gasteiger partial charge on any atom is 0.410 e. The molecule has 9 nitrogen and oxygen atoms in total. The maximum absolute atomic E-state index is 13.1. The molecule has 2 aromatic rings. The van der Waals surface area contributed by atoms with Gasteiger partial charge in [-0.05, 0) is 42.9 Å². The third-order valence-electron chi connectivity index (χ3n) is 5.99. The van der Waals surface area contributed by atoms with E-state index in [9.17, 15) is 24.3 Å². The molecule has 0 aromatic heterocycles. The Bertz CT molecular complexity index is 1090. The summed E-state index contributed by atoms with van der Waals surface area (Å²) in [4.78, 5) is 51.8. The van der Waals surface area contributed by atoms with Crippen LogP contribution in [0, 0.1) is 12.8 Å². The van der Waals surface area contributed by atoms with Gasteiger partial charge in [-0.2, -0.15) is 0 Å². The lowest BCUT2D eigenvalue weighted by atomic mass is 10.0. The minimum Gasteiger partial charge on any atom is -0.478 e. The molecule has 3 rings (SSSR count). The Kier molecular flexibility index (Phi) is 8.46. The molecular weight excluding hydrogens is 450 g/mol. The minimum atomic E-state index is -1.15. The second-order valence-electron chi connectivity index (χ2n) is 8.91. The van der Waals surface area contributed by atoms with Crippen molar-refractivity contribution in [1.82, 2.24) is 10.2 Å². The number of nitrogens with zero attached hydrogens (tertiary/aromatic N) is 1. The predicted octanol–water partition coefficient (Wildman–Crippen LogP) is 3.57. The number of anilines is 1. The highest BCUT2D eigenvalue weighted by Crippen LogP contribution is 2.22. The quantitative estimate of drug-likeness (QED) is 0.529. The van der Waals surface area contributed by atoms with E-state index in [2.05, 4.69) is 10.6 Å². The van der Waals surface area contributed by atoms with Crippen LogP contribution in [0.25, 0.3) is 0 Å². The van der Waals surface area contributed by atoms with Gasteiger partial charge in [0, 0.05) is 6.54 Å². The van der Waals surface area contributed by atoms with Crippen LogP contribution >= 0.6 is 0 Å². The number of hydrogen-bond donors (Lipinski definition) is 3. The number of hydrogen-bond acceptors (Lipinski definition) is 5. The highest BCUT2D eigenvalue weighted by Gasteiger charge is 2.37. The Morgan fingerprint density at radius 3 is 2.46 bits per heavy atom. The molecule has 2 atom stereocenters. The first-order valence-electron chi connectivity index (χ1n) is 11.6. The lowest BCUT2D eigenvalue weighted by Crippen LogP contribution is -2.53. The molecule has 0 radical (unpaired) electrons. The topological polar surface area (TPSA) is 125 Å². The summed E-state index contributed by atoms with van der Waals surface area (Å²) in [5.41, 5.74) is 1.51. The number of carboxylic acid groups (broad SMARTS) is 1. The Morgan fingerprint density at radius 2 is 1.80 bits per heavy atom. The fourth-order valence-electron chi connectivity index (χ4n) is 4.11. The molecule has 35 heavy (non-hydrogen) atoms. The van der Waals surface area contributed by atoms with Gasteiger partial charge in [-0.25, -0.2) is 9.59 Å². The van der Waals surface area contributed by atoms with Gasteiger partial charge in [0.15, 0.2) is 0 Å². The molecule has 0 saturated carbocycles. The molecule has 9 heteroatoms. The van der Waals surface area contributed by atoms with E-state index in [1.165, 1.54) is 11.0 Å². The van der Waals surface area contributed by atoms with Gasteiger partial charge in [0.25, 0.3) is 0 Å². The van der Waals surface area contributed by atoms with E-state index >= 15 is 0 Å². The molecular formula is C26H31N3O6. The average molecular weight is 482 g/mol. The molecule has 0 bridgehead atoms. The number of aromatic carboxylic acids is 1. The summed E-state index contributed by atoms with van der Waals surface area (Å²) < 4.78 is 5.39. The van der Waals surface area contributed by atoms with Crippen LogP contribution in [0.2, 0.25) is 0 Å². The lowest BCUT2D eigenvalue weighted by Gasteiger charge is -2.27. The Morgan fingerprint density at radius 1 is 1.09 bits per heavy atom. The van der Waals surface area contributed by atoms with E-state index in [-0.39, 0.29) is 23.8 Å². The van der Waals surface area contributed by atoms with E-state index in [0.717, 1.165) is 5.56 Å². The number of carbonyl (C=O) groups excluding carboxylic acids is 3. The maximum atomic E-state index is 13.1. The SMILES string of the molecule is Cc1cccc(NC(=O)[C@@H](NC(=O)[C@@H]2CCCN2C(=O)OCc2ccccc2)C(C)C)c1C(=O)O. The van der Waals surface area contributed by atoms with E-state index < -0.39 is 36.0 Å². The fourth-order valence-corrected chi connectivity index (χ4v) is 4.11. The van der Waals surface area contributed by atoms with Gasteiger partial charge in [0.05, 0.1) is 11.3 Å². The van der Waals surface area contributed by atoms with Gasteiger partial charge in [-0.15, -0.1) is 0 Å². The van der Waals surface area contributed by atoms with Crippen molar-refractivity contribution in [3.63, 3.8) is 0 Å². The number of amides is 3. The summed E-state index contributed by atoms with van der Waals surface area (Å²) in [6, 6.07) is 12.4. The third-order valence-corrected chi connectivity index (χ3v) is 5.99. The Labute approximate surface area is 204 Å². The molecule has 3 amide bonds. The molecule has 1 fully saturated rings. The first kappa shape index (κ1) is 25.7. The summed E-state index contributed by atoms with van der Waals surface area (Å²) in [5.74, 6) is -2.41. The highest BCUT2D eigenvalue weighted by molar-refractivity contribution is 6.04. The fraction of sp³-hybridized carbons (Fsp3) is 0.385. The minimum absolute atomic E-state index is 0.00203. The van der Waals surface area contributed by atoms with Gasteiger partial charge < -0.3 is 20.5 Å². The van der Waals surface area contributed by atoms with Gasteiger partial charge in [0.2, 0.25) is 11.8 Å². The number of carboxylic acids is 1. The molecule has 1 aliphatic heterocycles. The number of benzene rings is 2. The largest absolute Gasteiger partial charge is 0.478 e. The lowest BCUT2D eigenvalue weighted by molar-refractivity contribution is -0.130. The van der Waals surface area contributed by atoms with Crippen LogP contribution < -0.4 is 10.6 Å². The summed E-state index contributed by atoms with van der Waals surface area (Å²) in [5, 5.41) is 14.9. The molecule has 1 heterocycles. The zero-order valence-corrected chi connectivity index (χ0v) is 20.1. The summed E-state index contributed by atoms with van der Waals surface area (Å²) in [7, 11) is 0. The summed E-state index contributed by atoms with van der Waals surface area (Å²) >= 11 is 0. The highest BCUT2D eigenvalue weighted by atomic mass is 16.6. The molecule has 0 spiro atoms. The average Bonchev–Trinajstić information content (AvgIpc) is 3.31. The van der Waals surface area contributed by atoms with Crippen LogP contribution in [0.3, 0.4) is 0 Å². The molecule has 186 valence electrons. The second-order valence-corrected chi connectivity index (χ2v) is 8.91. The van der Waals surface area contributed by atoms with E-state index in [0.29, 0.717) is 24.9 Å². The molecule has 1 aliphatic rings. The van der Waals surface area contributed by atoms with Crippen LogP contribution in [-0.4, -0.2) is 52.5 Å². The number of aryl methyl sites for hydroxylation is 1. The van der Waals surface area contributed by atoms with Gasteiger partial charge >= 0.3 is 12.1 Å². The Balaban J connectivity index is 1.66. The van der Waals surface area contributed by atoms with Crippen molar-refractivity contribution >= 4 is 29.6 Å². The zero-order valence-electron chi connectivity index (χ0n) is 20.1. The number of rotatable bonds is 8. The normalized spacial score (nSPS) is 16.0. The van der Waals surface area contributed by atoms with Gasteiger partial charge in [0.1, 0.15) is 18.7 Å². The smallest absolute Gasteiger partial charge is 0.410 e. The number of nitrogens with one attached hydrogen (secondary N) is 2. The third kappa shape index (κ3) is 6.38. The molecule has 2 aromatic carbocycles. The van der Waals surface area contributed by atoms with Crippen molar-refractivity contribution in [2.24, 2.45) is 5.92 Å². The van der Waals surface area contributed by atoms with E-state index in [1.54, 1.807) is 32.9 Å². The zero-order chi connectivity index (χ0) is 25.5. The van der Waals surface area contributed by atoms with Gasteiger partial charge in [-0.1, -0.05) is 56.3 Å². The summed E-state index contributed by atoms with van der Waals surface area (Å²) in [6.45, 7) is 5.69. The monoisotopic (exact) mass is 481 g/mol. The molecule has 0 aliphatic carbocycles. The standard InChI is InChI=1S/C26H31N3O6/c1-16(2)22(24(31)27-19-12-7-9-17(3)21(19)25(32)33)28-23(30)20-13-8-14-29(20)26(34)35-15-18-10-5-4-6-11-18/h4-7,9-12,16,20,22H,8,13-15H2,1-3H3,(H,27,31)(H,28,30)(H,32,33)/t20-,22-/m0/s1. The van der Waals surface area contributed by atoms with E-state index in [1.807, 2.05) is 30.3 Å². The predicted molar refractivity (Wildman–Crippen MR) is 130 cm³/mol. The number of ether oxygens (including phenoxy) is 1. The van der Waals surface area contributed by atoms with Crippen LogP contribution in [0.1, 0.15) is 48.2 Å². The number of carbonyl (C=O) groups is 4. The van der Waals surface area contributed by atoms with Crippen LogP contribution in [0.15, 0.2) is 48.5 Å². The van der Waals surface area contributed by atoms with Crippen molar-refractivity contribution < 1.29 is 29.0 Å². The first-order valence-corrected chi connectivity index (χ1v) is 11.6. The van der Waals surface area contributed by atoms with Crippen molar-refractivity contribution in [2.75, 3.05) is 11.9 Å². The van der Waals surface area contributed by atoms with Gasteiger partial charge in [-0.3, -0.25) is 14.5 Å². The van der Waals surface area contributed by atoms with Crippen molar-refractivity contribution in [2.45, 2.75) is 52.3 Å². The molecule has 1 saturated heterocycles. The van der Waals surface area contributed by atoms with Crippen LogP contribution in [0.4, 0.5) is 10.5 Å². The van der Waals surface area contributed by atoms with Crippen molar-refractivity contribution in [1.29, 1.82) is 0 Å². The van der Waals surface area contributed by atoms with Crippen molar-refractivity contribution in [3.8, 4) is 0 Å². The Hall–Kier alpha value is -3.88. The van der Waals surface area contributed by atoms with Crippen molar-refractivity contribution in [3.05, 3.63) is 65.2 Å². The second kappa shape index (κ2) is 11.5. The molecule has 0 unspecified atom stereocenters. The first-order chi connectivity index (χ1) is 16.7. The molecule has 3 N–H and O–H groups in total.